The molecule has 1 saturated carbocycles. The number of hydrogen-bond acceptors (Lipinski definition) is 4. The molecule has 0 spiro atoms. The molecule has 0 heterocycles. The lowest BCUT2D eigenvalue weighted by Gasteiger charge is -2.28. The van der Waals surface area contributed by atoms with Gasteiger partial charge in [-0.1, -0.05) is 19.3 Å². The molecular weight excluding hydrogens is 248 g/mol. The summed E-state index contributed by atoms with van der Waals surface area (Å²) in [6.07, 6.45) is 5.26. The summed E-state index contributed by atoms with van der Waals surface area (Å²) in [6.45, 7) is 0.726. The Morgan fingerprint density at radius 2 is 1.95 bits per heavy atom. The predicted octanol–water partition coefficient (Wildman–Crippen LogP) is 0.200. The van der Waals surface area contributed by atoms with Crippen molar-refractivity contribution in [2.24, 2.45) is 11.7 Å². The summed E-state index contributed by atoms with van der Waals surface area (Å²) in [4.78, 5) is 23.1. The number of amides is 2. The first-order chi connectivity index (χ1) is 9.15. The van der Waals surface area contributed by atoms with E-state index in [2.05, 4.69) is 5.32 Å². The molecule has 0 bridgehead atoms. The van der Waals surface area contributed by atoms with Gasteiger partial charge in [0.1, 0.15) is 12.6 Å². The number of rotatable bonds is 8. The molecule has 3 N–H and O–H groups in total. The second kappa shape index (κ2) is 8.87. The van der Waals surface area contributed by atoms with Crippen LogP contribution in [-0.4, -0.2) is 44.8 Å². The number of primary amides is 1. The Morgan fingerprint density at radius 3 is 2.53 bits per heavy atom. The summed E-state index contributed by atoms with van der Waals surface area (Å²) < 4.78 is 9.92. The van der Waals surface area contributed by atoms with Gasteiger partial charge < -0.3 is 20.5 Å². The Bertz CT molecular complexity index is 290. The standard InChI is InChI=1S/C13H24N2O4/c1-18-7-8-19-9-11(16)15-12(13(14)17)10-5-3-2-4-6-10/h10,12H,2-9H2,1H3,(H2,14,17)(H,15,16)/t12-/m1/s1. The Balaban J connectivity index is 2.35. The predicted molar refractivity (Wildman–Crippen MR) is 70.4 cm³/mol. The molecule has 0 aromatic carbocycles. The molecule has 110 valence electrons. The Kier molecular flexibility index (Phi) is 7.43. The Hall–Kier alpha value is -1.14. The van der Waals surface area contributed by atoms with Gasteiger partial charge in [-0.25, -0.2) is 0 Å². The van der Waals surface area contributed by atoms with E-state index in [9.17, 15) is 9.59 Å². The molecule has 0 aliphatic heterocycles. The van der Waals surface area contributed by atoms with Crippen LogP contribution in [0.5, 0.6) is 0 Å². The fourth-order valence-electron chi connectivity index (χ4n) is 2.41. The van der Waals surface area contributed by atoms with Crippen molar-refractivity contribution in [3.8, 4) is 0 Å². The highest BCUT2D eigenvalue weighted by Crippen LogP contribution is 2.26. The maximum atomic E-state index is 11.7. The minimum Gasteiger partial charge on any atom is -0.382 e. The highest BCUT2D eigenvalue weighted by molar-refractivity contribution is 5.87. The first kappa shape index (κ1) is 15.9. The summed E-state index contributed by atoms with van der Waals surface area (Å²) in [6, 6.07) is -0.571. The van der Waals surface area contributed by atoms with Crippen molar-refractivity contribution in [2.45, 2.75) is 38.1 Å². The molecule has 1 fully saturated rings. The van der Waals surface area contributed by atoms with Crippen molar-refractivity contribution >= 4 is 11.8 Å². The largest absolute Gasteiger partial charge is 0.382 e. The van der Waals surface area contributed by atoms with Crippen LogP contribution in [0.2, 0.25) is 0 Å². The quantitative estimate of drug-likeness (QED) is 0.618. The van der Waals surface area contributed by atoms with Gasteiger partial charge in [0.25, 0.3) is 0 Å². The topological polar surface area (TPSA) is 90.7 Å². The molecule has 0 aromatic rings. The van der Waals surface area contributed by atoms with Gasteiger partial charge in [0.05, 0.1) is 13.2 Å². The maximum absolute atomic E-state index is 11.7. The fraction of sp³-hybridized carbons (Fsp3) is 0.846. The number of carbonyl (C=O) groups is 2. The van der Waals surface area contributed by atoms with Crippen LogP contribution in [0.4, 0.5) is 0 Å². The molecule has 1 rings (SSSR count). The van der Waals surface area contributed by atoms with Gasteiger partial charge in [0, 0.05) is 7.11 Å². The normalized spacial score (nSPS) is 17.9. The molecule has 2 amide bonds. The second-order valence-corrected chi connectivity index (χ2v) is 4.89. The fourth-order valence-corrected chi connectivity index (χ4v) is 2.41. The molecule has 0 unspecified atom stereocenters. The van der Waals surface area contributed by atoms with Crippen LogP contribution in [-0.2, 0) is 19.1 Å². The highest BCUT2D eigenvalue weighted by Gasteiger charge is 2.29. The third-order valence-electron chi connectivity index (χ3n) is 3.41. The van der Waals surface area contributed by atoms with Gasteiger partial charge >= 0.3 is 0 Å². The minimum atomic E-state index is -0.571. The van der Waals surface area contributed by atoms with E-state index in [1.165, 1.54) is 6.42 Å². The molecule has 19 heavy (non-hydrogen) atoms. The average Bonchev–Trinajstić information content (AvgIpc) is 2.41. The monoisotopic (exact) mass is 272 g/mol. The van der Waals surface area contributed by atoms with E-state index in [4.69, 9.17) is 15.2 Å². The molecule has 0 radical (unpaired) electrons. The third-order valence-corrected chi connectivity index (χ3v) is 3.41. The van der Waals surface area contributed by atoms with Gasteiger partial charge in [-0.2, -0.15) is 0 Å². The van der Waals surface area contributed by atoms with E-state index in [0.717, 1.165) is 25.7 Å². The van der Waals surface area contributed by atoms with E-state index >= 15 is 0 Å². The molecule has 6 heteroatoms. The van der Waals surface area contributed by atoms with Crippen LogP contribution in [0, 0.1) is 5.92 Å². The lowest BCUT2D eigenvalue weighted by molar-refractivity contribution is -0.132. The van der Waals surface area contributed by atoms with Crippen LogP contribution >= 0.6 is 0 Å². The smallest absolute Gasteiger partial charge is 0.246 e. The molecule has 1 atom stereocenters. The molecule has 0 aromatic heterocycles. The van der Waals surface area contributed by atoms with E-state index in [-0.39, 0.29) is 18.4 Å². The molecule has 0 saturated heterocycles. The number of methoxy groups -OCH3 is 1. The number of ether oxygens (including phenoxy) is 2. The zero-order valence-corrected chi connectivity index (χ0v) is 11.5. The van der Waals surface area contributed by atoms with Crippen molar-refractivity contribution in [3.05, 3.63) is 0 Å². The molecule has 1 aliphatic rings. The van der Waals surface area contributed by atoms with E-state index in [1.54, 1.807) is 7.11 Å². The maximum Gasteiger partial charge on any atom is 0.246 e. The van der Waals surface area contributed by atoms with Gasteiger partial charge in [-0.15, -0.1) is 0 Å². The van der Waals surface area contributed by atoms with Crippen molar-refractivity contribution < 1.29 is 19.1 Å². The van der Waals surface area contributed by atoms with E-state index in [1.807, 2.05) is 0 Å². The zero-order valence-electron chi connectivity index (χ0n) is 11.5. The lowest BCUT2D eigenvalue weighted by Crippen LogP contribution is -2.50. The summed E-state index contributed by atoms with van der Waals surface area (Å²) in [5, 5.41) is 2.68. The van der Waals surface area contributed by atoms with Gasteiger partial charge in [0.2, 0.25) is 11.8 Å². The van der Waals surface area contributed by atoms with Crippen LogP contribution in [0.1, 0.15) is 32.1 Å². The van der Waals surface area contributed by atoms with Gasteiger partial charge in [-0.3, -0.25) is 9.59 Å². The van der Waals surface area contributed by atoms with Crippen LogP contribution in [0.15, 0.2) is 0 Å². The first-order valence-electron chi connectivity index (χ1n) is 6.80. The second-order valence-electron chi connectivity index (χ2n) is 4.89. The van der Waals surface area contributed by atoms with Crippen molar-refractivity contribution in [3.63, 3.8) is 0 Å². The summed E-state index contributed by atoms with van der Waals surface area (Å²) in [7, 11) is 1.57. The van der Waals surface area contributed by atoms with Crippen LogP contribution < -0.4 is 11.1 Å². The van der Waals surface area contributed by atoms with Crippen molar-refractivity contribution in [2.75, 3.05) is 26.9 Å². The Morgan fingerprint density at radius 1 is 1.26 bits per heavy atom. The number of nitrogens with one attached hydrogen (secondary N) is 1. The third kappa shape index (κ3) is 6.02. The first-order valence-corrected chi connectivity index (χ1v) is 6.80. The van der Waals surface area contributed by atoms with Gasteiger partial charge in [0.15, 0.2) is 0 Å². The summed E-state index contributed by atoms with van der Waals surface area (Å²) in [5.74, 6) is -0.600. The molecule has 1 aliphatic carbocycles. The molecule has 6 nitrogen and oxygen atoms in total. The zero-order chi connectivity index (χ0) is 14.1. The number of hydrogen-bond donors (Lipinski definition) is 2. The number of carbonyl (C=O) groups excluding carboxylic acids is 2. The lowest BCUT2D eigenvalue weighted by atomic mass is 9.83. The SMILES string of the molecule is COCCOCC(=O)N[C@@H](C(N)=O)C1CCCCC1. The van der Waals surface area contributed by atoms with Crippen LogP contribution in [0.3, 0.4) is 0 Å². The summed E-state index contributed by atoms with van der Waals surface area (Å²) >= 11 is 0. The Labute approximate surface area is 114 Å². The summed E-state index contributed by atoms with van der Waals surface area (Å²) in [5.41, 5.74) is 5.38. The molecular formula is C13H24N2O4. The van der Waals surface area contributed by atoms with Crippen LogP contribution in [0.25, 0.3) is 0 Å². The minimum absolute atomic E-state index is 0.0696. The van der Waals surface area contributed by atoms with E-state index < -0.39 is 11.9 Å². The average molecular weight is 272 g/mol. The number of nitrogens with two attached hydrogens (primary N) is 1. The highest BCUT2D eigenvalue weighted by atomic mass is 16.5. The van der Waals surface area contributed by atoms with Gasteiger partial charge in [-0.05, 0) is 18.8 Å². The van der Waals surface area contributed by atoms with Crippen molar-refractivity contribution in [1.29, 1.82) is 0 Å². The van der Waals surface area contributed by atoms with Crippen molar-refractivity contribution in [1.82, 2.24) is 5.32 Å². The van der Waals surface area contributed by atoms with E-state index in [0.29, 0.717) is 13.2 Å².